The lowest BCUT2D eigenvalue weighted by Crippen LogP contribution is -1.94. The number of hydrogen-bond acceptors (Lipinski definition) is 4. The molecular weight excluding hydrogens is 228 g/mol. The summed E-state index contributed by atoms with van der Waals surface area (Å²) in [6, 6.07) is 7.52. The van der Waals surface area contributed by atoms with Gasteiger partial charge in [-0.2, -0.15) is 4.98 Å². The Balaban J connectivity index is 2.11. The zero-order valence-corrected chi connectivity index (χ0v) is 9.31. The van der Waals surface area contributed by atoms with Crippen molar-refractivity contribution >= 4 is 11.6 Å². The maximum absolute atomic E-state index is 8.72. The van der Waals surface area contributed by atoms with E-state index in [1.165, 1.54) is 0 Å². The van der Waals surface area contributed by atoms with E-state index in [1.807, 2.05) is 24.3 Å². The fourth-order valence-corrected chi connectivity index (χ4v) is 1.57. The molecule has 0 unspecified atom stereocenters. The summed E-state index contributed by atoms with van der Waals surface area (Å²) in [5, 5.41) is 13.1. The molecule has 84 valence electrons. The Morgan fingerprint density at radius 3 is 2.88 bits per heavy atom. The lowest BCUT2D eigenvalue weighted by atomic mass is 10.1. The van der Waals surface area contributed by atoms with Crippen molar-refractivity contribution in [3.8, 4) is 0 Å². The second-order valence-electron chi connectivity index (χ2n) is 3.35. The first kappa shape index (κ1) is 11.1. The number of aromatic nitrogens is 2. The molecule has 2 aromatic rings. The van der Waals surface area contributed by atoms with Crippen LogP contribution in [0.4, 0.5) is 0 Å². The second-order valence-corrected chi connectivity index (χ2v) is 3.75. The van der Waals surface area contributed by atoms with E-state index < -0.39 is 0 Å². The molecule has 1 heterocycles. The Labute approximate surface area is 97.9 Å². The average molecular weight is 239 g/mol. The maximum Gasteiger partial charge on any atom is 0.231 e. The van der Waals surface area contributed by atoms with Crippen molar-refractivity contribution in [2.24, 2.45) is 0 Å². The smallest absolute Gasteiger partial charge is 0.231 e. The first-order chi connectivity index (χ1) is 7.79. The first-order valence-corrected chi connectivity index (χ1v) is 5.33. The summed E-state index contributed by atoms with van der Waals surface area (Å²) in [7, 11) is 0. The van der Waals surface area contributed by atoms with E-state index >= 15 is 0 Å². The number of halogens is 1. The third kappa shape index (κ3) is 2.59. The van der Waals surface area contributed by atoms with Crippen molar-refractivity contribution in [3.63, 3.8) is 0 Å². The number of aliphatic hydroxyl groups is 1. The molecule has 0 fully saturated rings. The molecule has 1 aromatic heterocycles. The zero-order chi connectivity index (χ0) is 11.4. The van der Waals surface area contributed by atoms with E-state index in [0.29, 0.717) is 29.6 Å². The molecule has 2 rings (SSSR count). The third-order valence-electron chi connectivity index (χ3n) is 2.15. The summed E-state index contributed by atoms with van der Waals surface area (Å²) in [6.45, 7) is 0.0189. The Bertz CT molecular complexity index is 471. The van der Waals surface area contributed by atoms with Gasteiger partial charge in [-0.3, -0.25) is 0 Å². The summed E-state index contributed by atoms with van der Waals surface area (Å²) < 4.78 is 5.05. The predicted molar refractivity (Wildman–Crippen MR) is 59.3 cm³/mol. The Morgan fingerprint density at radius 1 is 1.31 bits per heavy atom. The Morgan fingerprint density at radius 2 is 2.12 bits per heavy atom. The maximum atomic E-state index is 8.72. The van der Waals surface area contributed by atoms with Crippen LogP contribution in [0.3, 0.4) is 0 Å². The monoisotopic (exact) mass is 238 g/mol. The SMILES string of the molecule is OCCc1noc(Cc2ccccc2Cl)n1. The van der Waals surface area contributed by atoms with Crippen molar-refractivity contribution < 1.29 is 9.63 Å². The van der Waals surface area contributed by atoms with Crippen LogP contribution in [-0.2, 0) is 12.8 Å². The van der Waals surface area contributed by atoms with Gasteiger partial charge >= 0.3 is 0 Å². The molecule has 0 atom stereocenters. The van der Waals surface area contributed by atoms with Gasteiger partial charge in [0.2, 0.25) is 5.89 Å². The van der Waals surface area contributed by atoms with Crippen molar-refractivity contribution in [1.29, 1.82) is 0 Å². The van der Waals surface area contributed by atoms with Crippen molar-refractivity contribution in [3.05, 3.63) is 46.6 Å². The molecule has 0 saturated carbocycles. The van der Waals surface area contributed by atoms with Gasteiger partial charge in [0.1, 0.15) is 0 Å². The number of nitrogens with zero attached hydrogens (tertiary/aromatic N) is 2. The minimum Gasteiger partial charge on any atom is -0.396 e. The first-order valence-electron chi connectivity index (χ1n) is 4.95. The molecular formula is C11H11ClN2O2. The molecule has 0 spiro atoms. The van der Waals surface area contributed by atoms with Crippen LogP contribution >= 0.6 is 11.6 Å². The van der Waals surface area contributed by atoms with Crippen molar-refractivity contribution in [2.45, 2.75) is 12.8 Å². The van der Waals surface area contributed by atoms with E-state index in [9.17, 15) is 0 Å². The number of hydrogen-bond donors (Lipinski definition) is 1. The molecule has 0 saturated heterocycles. The molecule has 1 aromatic carbocycles. The van der Waals surface area contributed by atoms with Gasteiger partial charge in [-0.1, -0.05) is 35.0 Å². The number of aliphatic hydroxyl groups excluding tert-OH is 1. The molecule has 1 N–H and O–H groups in total. The van der Waals surface area contributed by atoms with E-state index in [-0.39, 0.29) is 6.61 Å². The van der Waals surface area contributed by atoms with E-state index in [1.54, 1.807) is 0 Å². The highest BCUT2D eigenvalue weighted by atomic mass is 35.5. The van der Waals surface area contributed by atoms with Crippen LogP contribution in [0.5, 0.6) is 0 Å². The highest BCUT2D eigenvalue weighted by Crippen LogP contribution is 2.17. The molecule has 4 nitrogen and oxygen atoms in total. The van der Waals surface area contributed by atoms with Crippen molar-refractivity contribution in [2.75, 3.05) is 6.61 Å². The minimum absolute atomic E-state index is 0.0189. The normalized spacial score (nSPS) is 10.6. The quantitative estimate of drug-likeness (QED) is 0.883. The third-order valence-corrected chi connectivity index (χ3v) is 2.51. The summed E-state index contributed by atoms with van der Waals surface area (Å²) >= 11 is 6.01. The molecule has 0 aliphatic rings. The summed E-state index contributed by atoms with van der Waals surface area (Å²) in [5.74, 6) is 1.03. The predicted octanol–water partition coefficient (Wildman–Crippen LogP) is 1.85. The summed E-state index contributed by atoms with van der Waals surface area (Å²) in [5.41, 5.74) is 0.948. The van der Waals surface area contributed by atoms with Crippen LogP contribution in [-0.4, -0.2) is 21.9 Å². The van der Waals surface area contributed by atoms with E-state index in [0.717, 1.165) is 5.56 Å². The molecule has 0 radical (unpaired) electrons. The number of rotatable bonds is 4. The lowest BCUT2D eigenvalue weighted by molar-refractivity contribution is 0.293. The molecule has 0 bridgehead atoms. The Kier molecular flexibility index (Phi) is 3.54. The topological polar surface area (TPSA) is 59.2 Å². The zero-order valence-electron chi connectivity index (χ0n) is 8.56. The van der Waals surface area contributed by atoms with Gasteiger partial charge < -0.3 is 9.63 Å². The minimum atomic E-state index is 0.0189. The Hall–Kier alpha value is -1.39. The highest BCUT2D eigenvalue weighted by molar-refractivity contribution is 6.31. The molecule has 0 amide bonds. The van der Waals surface area contributed by atoms with Gasteiger partial charge in [0.05, 0.1) is 13.0 Å². The van der Waals surface area contributed by atoms with Crippen molar-refractivity contribution in [1.82, 2.24) is 10.1 Å². The van der Waals surface area contributed by atoms with Crippen LogP contribution in [0.15, 0.2) is 28.8 Å². The van der Waals surface area contributed by atoms with Crippen LogP contribution in [0, 0.1) is 0 Å². The van der Waals surface area contributed by atoms with Crippen LogP contribution < -0.4 is 0 Å². The highest BCUT2D eigenvalue weighted by Gasteiger charge is 2.08. The van der Waals surface area contributed by atoms with Crippen LogP contribution in [0.2, 0.25) is 5.02 Å². The molecule has 0 aliphatic carbocycles. The van der Waals surface area contributed by atoms with E-state index in [4.69, 9.17) is 21.2 Å². The van der Waals surface area contributed by atoms with Crippen LogP contribution in [0.25, 0.3) is 0 Å². The van der Waals surface area contributed by atoms with Gasteiger partial charge in [-0.05, 0) is 11.6 Å². The van der Waals surface area contributed by atoms with E-state index in [2.05, 4.69) is 10.1 Å². The fourth-order valence-electron chi connectivity index (χ4n) is 1.37. The van der Waals surface area contributed by atoms with Gasteiger partial charge in [0.25, 0.3) is 0 Å². The molecule has 16 heavy (non-hydrogen) atoms. The van der Waals surface area contributed by atoms with Gasteiger partial charge in [0.15, 0.2) is 5.82 Å². The average Bonchev–Trinajstić information content (AvgIpc) is 2.70. The van der Waals surface area contributed by atoms with Gasteiger partial charge in [-0.15, -0.1) is 0 Å². The number of benzene rings is 1. The standard InChI is InChI=1S/C11H11ClN2O2/c12-9-4-2-1-3-8(9)7-11-13-10(5-6-15)14-16-11/h1-4,15H,5-7H2. The largest absolute Gasteiger partial charge is 0.396 e. The second kappa shape index (κ2) is 5.09. The molecule has 0 aliphatic heterocycles. The van der Waals surface area contributed by atoms with Gasteiger partial charge in [-0.25, -0.2) is 0 Å². The molecule has 5 heteroatoms. The van der Waals surface area contributed by atoms with Crippen LogP contribution in [0.1, 0.15) is 17.3 Å². The summed E-state index contributed by atoms with van der Waals surface area (Å²) in [6.07, 6.45) is 0.921. The lowest BCUT2D eigenvalue weighted by Gasteiger charge is -1.98. The van der Waals surface area contributed by atoms with Gasteiger partial charge in [0, 0.05) is 11.4 Å². The fraction of sp³-hybridized carbons (Fsp3) is 0.273. The summed E-state index contributed by atoms with van der Waals surface area (Å²) in [4.78, 5) is 4.14.